The van der Waals surface area contributed by atoms with Gasteiger partial charge in [-0.05, 0) is 71.4 Å². The zero-order valence-corrected chi connectivity index (χ0v) is 14.0. The van der Waals surface area contributed by atoms with Gasteiger partial charge in [-0.15, -0.1) is 0 Å². The molecule has 1 unspecified atom stereocenters. The summed E-state index contributed by atoms with van der Waals surface area (Å²) >= 11 is 0. The van der Waals surface area contributed by atoms with Crippen LogP contribution in [0.1, 0.15) is 28.7 Å². The molecular weight excluding hydrogens is 290 g/mol. The predicted octanol–water partition coefficient (Wildman–Crippen LogP) is 5.66. The Labute approximate surface area is 142 Å². The van der Waals surface area contributed by atoms with Crippen molar-refractivity contribution in [2.75, 3.05) is 0 Å². The Morgan fingerprint density at radius 2 is 1.96 bits per heavy atom. The zero-order chi connectivity index (χ0) is 16.3. The van der Waals surface area contributed by atoms with Crippen molar-refractivity contribution >= 4 is 11.1 Å². The molecule has 3 aliphatic carbocycles. The molecule has 0 aliphatic heterocycles. The maximum Gasteiger partial charge on any atom is 0.0705 e. The van der Waals surface area contributed by atoms with Crippen molar-refractivity contribution in [1.82, 2.24) is 4.98 Å². The third-order valence-electron chi connectivity index (χ3n) is 5.50. The summed E-state index contributed by atoms with van der Waals surface area (Å²) in [6, 6.07) is 9.00. The van der Waals surface area contributed by atoms with E-state index in [9.17, 15) is 0 Å². The van der Waals surface area contributed by atoms with E-state index in [1.807, 2.05) is 6.20 Å². The number of hydrogen-bond donors (Lipinski definition) is 0. The van der Waals surface area contributed by atoms with Crippen LogP contribution >= 0.6 is 0 Å². The smallest absolute Gasteiger partial charge is 0.0705 e. The van der Waals surface area contributed by atoms with Crippen LogP contribution < -0.4 is 0 Å². The van der Waals surface area contributed by atoms with E-state index in [0.29, 0.717) is 5.92 Å². The van der Waals surface area contributed by atoms with Crippen molar-refractivity contribution in [3.05, 3.63) is 88.7 Å². The van der Waals surface area contributed by atoms with Gasteiger partial charge in [-0.25, -0.2) is 0 Å². The number of benzene rings is 1. The van der Waals surface area contributed by atoms with E-state index in [0.717, 1.165) is 12.1 Å². The SMILES string of the molecule is Cc1cnc(-c2ccc3c(c2)C2=CC=CC4CC=CC3=C24)cc1C. The van der Waals surface area contributed by atoms with Crippen molar-refractivity contribution in [2.24, 2.45) is 5.92 Å². The average molecular weight is 309 g/mol. The summed E-state index contributed by atoms with van der Waals surface area (Å²) in [4.78, 5) is 4.64. The first-order valence-corrected chi connectivity index (χ1v) is 8.60. The fourth-order valence-corrected chi connectivity index (χ4v) is 4.05. The number of allylic oxidation sites excluding steroid dienone is 8. The summed E-state index contributed by atoms with van der Waals surface area (Å²) in [7, 11) is 0. The third-order valence-corrected chi connectivity index (χ3v) is 5.50. The van der Waals surface area contributed by atoms with Crippen molar-refractivity contribution in [1.29, 1.82) is 0 Å². The number of hydrogen-bond acceptors (Lipinski definition) is 1. The van der Waals surface area contributed by atoms with Crippen LogP contribution in [0, 0.1) is 19.8 Å². The minimum Gasteiger partial charge on any atom is -0.256 e. The molecule has 1 atom stereocenters. The van der Waals surface area contributed by atoms with Crippen molar-refractivity contribution in [3.8, 4) is 11.3 Å². The molecule has 0 spiro atoms. The lowest BCUT2D eigenvalue weighted by Gasteiger charge is -2.22. The second kappa shape index (κ2) is 4.91. The van der Waals surface area contributed by atoms with Gasteiger partial charge >= 0.3 is 0 Å². The summed E-state index contributed by atoms with van der Waals surface area (Å²) < 4.78 is 0. The van der Waals surface area contributed by atoms with Crippen molar-refractivity contribution in [3.63, 3.8) is 0 Å². The monoisotopic (exact) mass is 309 g/mol. The lowest BCUT2D eigenvalue weighted by Crippen LogP contribution is -2.06. The van der Waals surface area contributed by atoms with Crippen LogP contribution in [-0.2, 0) is 0 Å². The quantitative estimate of drug-likeness (QED) is 0.662. The Hall–Kier alpha value is -2.67. The standard InChI is InChI=1S/C23H19N/c1-14-11-22(24-13-15(14)2)17-9-10-18-19-7-3-5-16-6-4-8-20(23(16)19)21(18)12-17/h3-4,6-13,16H,5H2,1-2H3. The van der Waals surface area contributed by atoms with Crippen LogP contribution in [0.5, 0.6) is 0 Å². The average Bonchev–Trinajstić information content (AvgIpc) is 2.93. The number of aromatic nitrogens is 1. The van der Waals surface area contributed by atoms with Gasteiger partial charge in [0.05, 0.1) is 5.69 Å². The van der Waals surface area contributed by atoms with E-state index in [1.165, 1.54) is 44.5 Å². The molecule has 1 heterocycles. The Kier molecular flexibility index (Phi) is 2.81. The van der Waals surface area contributed by atoms with E-state index >= 15 is 0 Å². The first-order valence-electron chi connectivity index (χ1n) is 8.60. The lowest BCUT2D eigenvalue weighted by molar-refractivity contribution is 0.793. The van der Waals surface area contributed by atoms with Crippen LogP contribution in [0.15, 0.2) is 66.4 Å². The van der Waals surface area contributed by atoms with E-state index in [1.54, 1.807) is 0 Å². The number of fused-ring (bicyclic) bond motifs is 3. The maximum atomic E-state index is 4.64. The summed E-state index contributed by atoms with van der Waals surface area (Å²) in [5.74, 6) is 0.542. The van der Waals surface area contributed by atoms with Crippen molar-refractivity contribution < 1.29 is 0 Å². The van der Waals surface area contributed by atoms with Gasteiger partial charge < -0.3 is 0 Å². The molecule has 0 saturated carbocycles. The van der Waals surface area contributed by atoms with E-state index in [2.05, 4.69) is 73.5 Å². The summed E-state index contributed by atoms with van der Waals surface area (Å²) in [5, 5.41) is 0. The fraction of sp³-hybridized carbons (Fsp3) is 0.174. The van der Waals surface area contributed by atoms with Crippen molar-refractivity contribution in [2.45, 2.75) is 20.3 Å². The van der Waals surface area contributed by atoms with Gasteiger partial charge in [0.25, 0.3) is 0 Å². The minimum absolute atomic E-state index is 0.542. The van der Waals surface area contributed by atoms with Gasteiger partial charge in [-0.1, -0.05) is 42.5 Å². The fourth-order valence-electron chi connectivity index (χ4n) is 4.05. The number of pyridine rings is 1. The largest absolute Gasteiger partial charge is 0.256 e. The molecular formula is C23H19N. The molecule has 1 heteroatoms. The highest BCUT2D eigenvalue weighted by atomic mass is 14.7. The topological polar surface area (TPSA) is 12.9 Å². The summed E-state index contributed by atoms with van der Waals surface area (Å²) in [5.41, 5.74) is 11.9. The van der Waals surface area contributed by atoms with E-state index < -0.39 is 0 Å². The molecule has 0 fully saturated rings. The second-order valence-corrected chi connectivity index (χ2v) is 6.95. The summed E-state index contributed by atoms with van der Waals surface area (Å²) in [6.07, 6.45) is 14.5. The van der Waals surface area contributed by atoms with Gasteiger partial charge in [-0.3, -0.25) is 4.98 Å². The molecule has 2 aromatic rings. The second-order valence-electron chi connectivity index (χ2n) is 6.95. The van der Waals surface area contributed by atoms with Crippen LogP contribution in [0.4, 0.5) is 0 Å². The molecule has 0 N–H and O–H groups in total. The molecule has 1 aromatic heterocycles. The highest BCUT2D eigenvalue weighted by molar-refractivity contribution is 6.05. The zero-order valence-electron chi connectivity index (χ0n) is 14.0. The molecule has 1 nitrogen and oxygen atoms in total. The van der Waals surface area contributed by atoms with Crippen LogP contribution in [-0.4, -0.2) is 4.98 Å². The first-order chi connectivity index (χ1) is 11.7. The Morgan fingerprint density at radius 1 is 1.04 bits per heavy atom. The highest BCUT2D eigenvalue weighted by Gasteiger charge is 2.32. The number of nitrogens with zero attached hydrogens (tertiary/aromatic N) is 1. The van der Waals surface area contributed by atoms with E-state index in [4.69, 9.17) is 0 Å². The molecule has 1 aromatic carbocycles. The Balaban J connectivity index is 1.68. The Bertz CT molecular complexity index is 999. The van der Waals surface area contributed by atoms with Crippen LogP contribution in [0.25, 0.3) is 22.4 Å². The molecule has 116 valence electrons. The first kappa shape index (κ1) is 13.7. The number of aryl methyl sites for hydroxylation is 2. The molecule has 0 saturated heterocycles. The molecule has 0 bridgehead atoms. The van der Waals surface area contributed by atoms with Gasteiger partial charge in [0.1, 0.15) is 0 Å². The van der Waals surface area contributed by atoms with Crippen LogP contribution in [0.3, 0.4) is 0 Å². The van der Waals surface area contributed by atoms with Crippen LogP contribution in [0.2, 0.25) is 0 Å². The van der Waals surface area contributed by atoms with E-state index in [-0.39, 0.29) is 0 Å². The predicted molar refractivity (Wildman–Crippen MR) is 100 cm³/mol. The highest BCUT2D eigenvalue weighted by Crippen LogP contribution is 2.50. The van der Waals surface area contributed by atoms with Gasteiger partial charge in [-0.2, -0.15) is 0 Å². The molecule has 5 rings (SSSR count). The molecule has 0 radical (unpaired) electrons. The maximum absolute atomic E-state index is 4.64. The third kappa shape index (κ3) is 1.85. The molecule has 0 amide bonds. The van der Waals surface area contributed by atoms with Gasteiger partial charge in [0, 0.05) is 17.7 Å². The van der Waals surface area contributed by atoms with Gasteiger partial charge in [0.2, 0.25) is 0 Å². The minimum atomic E-state index is 0.542. The summed E-state index contributed by atoms with van der Waals surface area (Å²) in [6.45, 7) is 4.26. The Morgan fingerprint density at radius 3 is 2.83 bits per heavy atom. The number of rotatable bonds is 1. The molecule has 24 heavy (non-hydrogen) atoms. The molecule has 3 aliphatic rings. The lowest BCUT2D eigenvalue weighted by atomic mass is 9.82. The normalized spacial score (nSPS) is 20.1. The van der Waals surface area contributed by atoms with Gasteiger partial charge in [0.15, 0.2) is 0 Å².